The van der Waals surface area contributed by atoms with Crippen LogP contribution in [0.15, 0.2) is 17.2 Å². The van der Waals surface area contributed by atoms with Crippen molar-refractivity contribution in [1.82, 2.24) is 10.7 Å². The number of nitrogens with zero attached hydrogens (tertiary/aromatic N) is 3. The minimum Gasteiger partial charge on any atom is -0.496 e. The van der Waals surface area contributed by atoms with Crippen molar-refractivity contribution in [3.63, 3.8) is 0 Å². The third-order valence-corrected chi connectivity index (χ3v) is 6.17. The maximum absolute atomic E-state index is 12.0. The second-order valence-corrected chi connectivity index (χ2v) is 8.68. The van der Waals surface area contributed by atoms with E-state index >= 15 is 0 Å². The van der Waals surface area contributed by atoms with Crippen LogP contribution in [0.5, 0.6) is 17.2 Å². The highest BCUT2D eigenvalue weighted by Crippen LogP contribution is 2.43. The second kappa shape index (κ2) is 14.6. The first-order valence-electron chi connectivity index (χ1n) is 12.5. The standard InChI is InChI=1S/C25H43N5O4/c1-6-7-8-9-10-11-12-13-14-15-16-23-27-28-30(19(2)25(26)31)29(23)24-21(33-4)17-20(32-3)18-22(24)34-5/h17-19,28H,6-16H2,1-5H3,(H2,26,31). The lowest BCUT2D eigenvalue weighted by molar-refractivity contribution is -0.123. The number of nitrogens with two attached hydrogens (primary N) is 1. The van der Waals surface area contributed by atoms with Crippen molar-refractivity contribution in [2.45, 2.75) is 90.5 Å². The van der Waals surface area contributed by atoms with Gasteiger partial charge in [0.1, 0.15) is 23.3 Å². The molecular formula is C25H43N5O4. The van der Waals surface area contributed by atoms with Crippen molar-refractivity contribution in [2.75, 3.05) is 26.3 Å². The van der Waals surface area contributed by atoms with Gasteiger partial charge in [-0.25, -0.2) is 10.5 Å². The molecule has 0 saturated heterocycles. The molecule has 0 fully saturated rings. The van der Waals surface area contributed by atoms with E-state index < -0.39 is 11.9 Å². The molecule has 1 aromatic carbocycles. The number of amides is 1. The predicted molar refractivity (Wildman–Crippen MR) is 136 cm³/mol. The van der Waals surface area contributed by atoms with Crippen LogP contribution in [0.25, 0.3) is 0 Å². The number of benzene rings is 1. The van der Waals surface area contributed by atoms with E-state index in [1.807, 2.05) is 5.01 Å². The SMILES string of the molecule is CCCCCCCCCCCCC1=NNN(C(C)C(N)=O)N1c1c(OC)cc(OC)cc1OC. The number of ether oxygens (including phenoxy) is 3. The molecule has 192 valence electrons. The number of anilines is 1. The van der Waals surface area contributed by atoms with E-state index in [0.29, 0.717) is 22.9 Å². The van der Waals surface area contributed by atoms with Gasteiger partial charge in [-0.1, -0.05) is 69.8 Å². The maximum Gasteiger partial charge on any atom is 0.238 e. The first-order chi connectivity index (χ1) is 16.5. The molecule has 0 saturated carbocycles. The van der Waals surface area contributed by atoms with Gasteiger partial charge in [-0.15, -0.1) is 5.10 Å². The summed E-state index contributed by atoms with van der Waals surface area (Å²) >= 11 is 0. The Morgan fingerprint density at radius 2 is 1.47 bits per heavy atom. The van der Waals surface area contributed by atoms with Crippen LogP contribution in [0.4, 0.5) is 5.69 Å². The van der Waals surface area contributed by atoms with Crippen LogP contribution in [0.3, 0.4) is 0 Å². The van der Waals surface area contributed by atoms with E-state index in [4.69, 9.17) is 19.9 Å². The first-order valence-corrected chi connectivity index (χ1v) is 12.5. The van der Waals surface area contributed by atoms with Crippen LogP contribution in [0.2, 0.25) is 0 Å². The first kappa shape index (κ1) is 27.6. The van der Waals surface area contributed by atoms with Crippen LogP contribution < -0.4 is 30.5 Å². The molecule has 0 bridgehead atoms. The van der Waals surface area contributed by atoms with Gasteiger partial charge in [0.05, 0.1) is 21.3 Å². The summed E-state index contributed by atoms with van der Waals surface area (Å²) in [6.07, 6.45) is 13.3. The summed E-state index contributed by atoms with van der Waals surface area (Å²) in [5, 5.41) is 7.96. The molecule has 2 rings (SSSR count). The highest BCUT2D eigenvalue weighted by Gasteiger charge is 2.37. The minimum absolute atomic E-state index is 0.473. The van der Waals surface area contributed by atoms with Crippen molar-refractivity contribution in [1.29, 1.82) is 0 Å². The summed E-state index contributed by atoms with van der Waals surface area (Å²) in [5.41, 5.74) is 9.21. The van der Waals surface area contributed by atoms with Gasteiger partial charge in [0.2, 0.25) is 5.91 Å². The molecule has 1 unspecified atom stereocenters. The maximum atomic E-state index is 12.0. The molecule has 0 spiro atoms. The number of hydrogen-bond acceptors (Lipinski definition) is 8. The Morgan fingerprint density at radius 3 is 1.94 bits per heavy atom. The van der Waals surface area contributed by atoms with Crippen LogP contribution in [0, 0.1) is 0 Å². The molecule has 1 aliphatic rings. The van der Waals surface area contributed by atoms with Crippen LogP contribution in [0.1, 0.15) is 84.5 Å². The summed E-state index contributed by atoms with van der Waals surface area (Å²) in [6, 6.07) is 2.91. The number of nitrogens with one attached hydrogen (secondary N) is 1. The molecule has 0 radical (unpaired) electrons. The Kier molecular flexibility index (Phi) is 11.8. The Hall–Kier alpha value is -2.68. The van der Waals surface area contributed by atoms with Crippen molar-refractivity contribution >= 4 is 17.4 Å². The van der Waals surface area contributed by atoms with Crippen molar-refractivity contribution in [2.24, 2.45) is 10.8 Å². The number of rotatable bonds is 17. The lowest BCUT2D eigenvalue weighted by Crippen LogP contribution is -2.55. The lowest BCUT2D eigenvalue weighted by atomic mass is 10.1. The summed E-state index contributed by atoms with van der Waals surface area (Å²) in [5.74, 6) is 1.98. The van der Waals surface area contributed by atoms with E-state index in [1.165, 1.54) is 51.4 Å². The number of methoxy groups -OCH3 is 3. The average Bonchev–Trinajstić information content (AvgIpc) is 3.26. The molecule has 1 amide bonds. The lowest BCUT2D eigenvalue weighted by Gasteiger charge is -2.34. The zero-order chi connectivity index (χ0) is 24.9. The van der Waals surface area contributed by atoms with Gasteiger partial charge in [0, 0.05) is 18.6 Å². The van der Waals surface area contributed by atoms with Gasteiger partial charge >= 0.3 is 0 Å². The van der Waals surface area contributed by atoms with Gasteiger partial charge in [-0.05, 0) is 13.3 Å². The number of hydrazine groups is 2. The Bertz CT molecular complexity index is 777. The number of amidine groups is 1. The summed E-state index contributed by atoms with van der Waals surface area (Å²) in [6.45, 7) is 3.98. The summed E-state index contributed by atoms with van der Waals surface area (Å²) < 4.78 is 16.7. The number of hydrazone groups is 1. The van der Waals surface area contributed by atoms with E-state index in [-0.39, 0.29) is 0 Å². The fraction of sp³-hybridized carbons (Fsp3) is 0.680. The van der Waals surface area contributed by atoms with E-state index in [9.17, 15) is 4.79 Å². The predicted octanol–water partition coefficient (Wildman–Crippen LogP) is 4.75. The molecule has 1 aromatic rings. The van der Waals surface area contributed by atoms with Crippen LogP contribution in [-0.4, -0.2) is 44.2 Å². The van der Waals surface area contributed by atoms with Crippen molar-refractivity contribution in [3.8, 4) is 17.2 Å². The number of carbonyl (C=O) groups is 1. The van der Waals surface area contributed by atoms with E-state index in [0.717, 1.165) is 25.1 Å². The topological polar surface area (TPSA) is 102 Å². The highest BCUT2D eigenvalue weighted by atomic mass is 16.5. The number of carbonyl (C=O) groups excluding carboxylic acids is 1. The quantitative estimate of drug-likeness (QED) is 0.312. The number of primary amides is 1. The summed E-state index contributed by atoms with van der Waals surface area (Å²) in [4.78, 5) is 12.0. The zero-order valence-electron chi connectivity index (χ0n) is 21.6. The smallest absolute Gasteiger partial charge is 0.238 e. The van der Waals surface area contributed by atoms with Gasteiger partial charge in [-0.2, -0.15) is 0 Å². The molecule has 3 N–H and O–H groups in total. The Morgan fingerprint density at radius 1 is 0.941 bits per heavy atom. The van der Waals surface area contributed by atoms with E-state index in [2.05, 4.69) is 17.6 Å². The minimum atomic E-state index is -0.648. The third-order valence-electron chi connectivity index (χ3n) is 6.17. The normalized spacial score (nSPS) is 14.5. The number of unbranched alkanes of at least 4 members (excludes halogenated alkanes) is 9. The Labute approximate surface area is 204 Å². The van der Waals surface area contributed by atoms with E-state index in [1.54, 1.807) is 45.5 Å². The fourth-order valence-electron chi connectivity index (χ4n) is 4.07. The van der Waals surface area contributed by atoms with Crippen LogP contribution in [-0.2, 0) is 4.79 Å². The molecule has 34 heavy (non-hydrogen) atoms. The van der Waals surface area contributed by atoms with Gasteiger partial charge < -0.3 is 19.9 Å². The molecule has 0 aromatic heterocycles. The largest absolute Gasteiger partial charge is 0.496 e. The Balaban J connectivity index is 2.08. The molecule has 0 aliphatic carbocycles. The second-order valence-electron chi connectivity index (χ2n) is 8.68. The van der Waals surface area contributed by atoms with Gasteiger partial charge in [0.25, 0.3) is 0 Å². The number of hydrogen-bond donors (Lipinski definition) is 2. The molecule has 9 heteroatoms. The van der Waals surface area contributed by atoms with Crippen LogP contribution >= 0.6 is 0 Å². The molecule has 9 nitrogen and oxygen atoms in total. The average molecular weight is 478 g/mol. The van der Waals surface area contributed by atoms with Gasteiger partial charge in [0.15, 0.2) is 11.5 Å². The fourth-order valence-corrected chi connectivity index (χ4v) is 4.07. The molecular weight excluding hydrogens is 434 g/mol. The highest BCUT2D eigenvalue weighted by molar-refractivity contribution is 6.01. The molecule has 1 atom stereocenters. The summed E-state index contributed by atoms with van der Waals surface area (Å²) in [7, 11) is 4.76. The zero-order valence-corrected chi connectivity index (χ0v) is 21.6. The monoisotopic (exact) mass is 477 g/mol. The van der Waals surface area contributed by atoms with Crippen molar-refractivity contribution in [3.05, 3.63) is 12.1 Å². The third kappa shape index (κ3) is 7.41. The molecule has 1 heterocycles. The molecule has 1 aliphatic heterocycles. The van der Waals surface area contributed by atoms with Crippen molar-refractivity contribution < 1.29 is 19.0 Å². The van der Waals surface area contributed by atoms with Gasteiger partial charge in [-0.3, -0.25) is 4.79 Å².